The van der Waals surface area contributed by atoms with Gasteiger partial charge in [0.25, 0.3) is 5.69 Å². The number of esters is 2. The van der Waals surface area contributed by atoms with Gasteiger partial charge in [0.05, 0.1) is 47.9 Å². The number of allylic oxidation sites excluding steroid dienone is 1. The fourth-order valence-electron chi connectivity index (χ4n) is 4.84. The lowest BCUT2D eigenvalue weighted by Gasteiger charge is -2.47. The molecule has 37 heavy (non-hydrogen) atoms. The van der Waals surface area contributed by atoms with Gasteiger partial charge in [-0.25, -0.2) is 14.6 Å². The number of para-hydroxylation sites is 1. The van der Waals surface area contributed by atoms with Crippen LogP contribution in [0.25, 0.3) is 11.3 Å². The van der Waals surface area contributed by atoms with Crippen molar-refractivity contribution in [1.82, 2.24) is 10.3 Å². The molecule has 10 nitrogen and oxygen atoms in total. The normalized spacial score (nSPS) is 21.1. The van der Waals surface area contributed by atoms with Gasteiger partial charge in [0.15, 0.2) is 10.7 Å². The molecule has 2 N–H and O–H groups in total. The number of carbonyl (C=O) groups is 2. The number of rotatable bonds is 7. The number of hydrogen-bond donors (Lipinski definition) is 2. The van der Waals surface area contributed by atoms with E-state index in [9.17, 15) is 19.7 Å². The molecule has 3 unspecified atom stereocenters. The topological polar surface area (TPSA) is 133 Å². The number of nitrogens with zero attached hydrogens (tertiary/aromatic N) is 2. The van der Waals surface area contributed by atoms with Crippen LogP contribution in [0, 0.1) is 10.1 Å². The first-order chi connectivity index (χ1) is 17.7. The average molecular weight is 523 g/mol. The van der Waals surface area contributed by atoms with Crippen LogP contribution in [0.2, 0.25) is 0 Å². The molecule has 3 aromatic rings. The zero-order valence-corrected chi connectivity index (χ0v) is 21.5. The third-order valence-corrected chi connectivity index (χ3v) is 7.28. The SMILES string of the molecule is COC(=O)C1=C(C)NC(C)C(Nc2nc(-c3ccccc3[N+](=O)[O-])cs2)(C(=O)OC)C1c1ccccc1. The molecule has 1 aliphatic rings. The summed E-state index contributed by atoms with van der Waals surface area (Å²) in [5.74, 6) is -2.00. The predicted octanol–water partition coefficient (Wildman–Crippen LogP) is 4.26. The van der Waals surface area contributed by atoms with Crippen molar-refractivity contribution in [2.45, 2.75) is 31.3 Å². The van der Waals surface area contributed by atoms with Gasteiger partial charge in [-0.05, 0) is 25.5 Å². The number of hydrogen-bond acceptors (Lipinski definition) is 10. The number of nitro benzene ring substituents is 1. The van der Waals surface area contributed by atoms with E-state index in [-0.39, 0.29) is 11.3 Å². The van der Waals surface area contributed by atoms with Crippen molar-refractivity contribution in [3.8, 4) is 11.3 Å². The Bertz CT molecular complexity index is 1370. The summed E-state index contributed by atoms with van der Waals surface area (Å²) in [7, 11) is 2.57. The van der Waals surface area contributed by atoms with E-state index in [1.54, 1.807) is 30.5 Å². The smallest absolute Gasteiger partial charge is 0.336 e. The molecule has 1 aliphatic heterocycles. The van der Waals surface area contributed by atoms with Gasteiger partial charge in [0.1, 0.15) is 0 Å². The molecule has 192 valence electrons. The highest BCUT2D eigenvalue weighted by Crippen LogP contribution is 2.45. The molecular weight excluding hydrogens is 496 g/mol. The molecule has 3 atom stereocenters. The maximum atomic E-state index is 13.7. The highest BCUT2D eigenvalue weighted by molar-refractivity contribution is 7.14. The highest BCUT2D eigenvalue weighted by Gasteiger charge is 2.58. The summed E-state index contributed by atoms with van der Waals surface area (Å²) in [6.45, 7) is 3.57. The third-order valence-electron chi connectivity index (χ3n) is 6.52. The van der Waals surface area contributed by atoms with Crippen LogP contribution in [0.1, 0.15) is 25.3 Å². The summed E-state index contributed by atoms with van der Waals surface area (Å²) < 4.78 is 10.4. The first kappa shape index (κ1) is 25.8. The van der Waals surface area contributed by atoms with E-state index < -0.39 is 34.4 Å². The lowest BCUT2D eigenvalue weighted by atomic mass is 9.68. The van der Waals surface area contributed by atoms with Crippen LogP contribution < -0.4 is 10.6 Å². The quantitative estimate of drug-likeness (QED) is 0.265. The summed E-state index contributed by atoms with van der Waals surface area (Å²) in [5, 5.41) is 20.1. The van der Waals surface area contributed by atoms with E-state index in [1.807, 2.05) is 37.3 Å². The van der Waals surface area contributed by atoms with E-state index in [0.717, 1.165) is 0 Å². The van der Waals surface area contributed by atoms with Crippen LogP contribution >= 0.6 is 11.3 Å². The van der Waals surface area contributed by atoms with Crippen molar-refractivity contribution in [1.29, 1.82) is 0 Å². The average Bonchev–Trinajstić information content (AvgIpc) is 3.37. The standard InChI is InChI=1S/C26H26N4O6S/c1-15-21(23(31)35-3)22(17-10-6-5-7-11-17)26(16(2)27-15,24(32)36-4)29-25-28-19(14-37-25)18-12-8-9-13-20(18)30(33)34/h5-14,16,22,27H,1-4H3,(H,28,29). The summed E-state index contributed by atoms with van der Waals surface area (Å²) in [4.78, 5) is 42.4. The predicted molar refractivity (Wildman–Crippen MR) is 139 cm³/mol. The zero-order chi connectivity index (χ0) is 26.7. The second-order valence-corrected chi connectivity index (χ2v) is 9.40. The second kappa shape index (κ2) is 10.4. The monoisotopic (exact) mass is 522 g/mol. The first-order valence-electron chi connectivity index (χ1n) is 11.4. The Balaban J connectivity index is 1.89. The second-order valence-electron chi connectivity index (χ2n) is 8.54. The molecule has 0 amide bonds. The van der Waals surface area contributed by atoms with Crippen molar-refractivity contribution in [2.75, 3.05) is 19.5 Å². The number of thiazole rings is 1. The summed E-state index contributed by atoms with van der Waals surface area (Å²) in [5.41, 5.74) is 0.690. The maximum Gasteiger partial charge on any atom is 0.336 e. The van der Waals surface area contributed by atoms with E-state index in [2.05, 4.69) is 15.6 Å². The summed E-state index contributed by atoms with van der Waals surface area (Å²) in [6, 6.07) is 14.9. The van der Waals surface area contributed by atoms with Crippen molar-refractivity contribution in [3.05, 3.63) is 86.9 Å². The van der Waals surface area contributed by atoms with E-state index >= 15 is 0 Å². The van der Waals surface area contributed by atoms with Crippen LogP contribution in [-0.2, 0) is 19.1 Å². The highest BCUT2D eigenvalue weighted by atomic mass is 32.1. The van der Waals surface area contributed by atoms with E-state index in [1.165, 1.54) is 31.6 Å². The van der Waals surface area contributed by atoms with Gasteiger partial charge in [-0.2, -0.15) is 0 Å². The molecule has 0 radical (unpaired) electrons. The molecule has 0 bridgehead atoms. The Kier molecular flexibility index (Phi) is 7.25. The minimum atomic E-state index is -1.52. The van der Waals surface area contributed by atoms with Gasteiger partial charge in [0, 0.05) is 17.1 Å². The number of aromatic nitrogens is 1. The molecule has 11 heteroatoms. The summed E-state index contributed by atoms with van der Waals surface area (Å²) in [6.07, 6.45) is 0. The lowest BCUT2D eigenvalue weighted by molar-refractivity contribution is -0.384. The number of benzene rings is 2. The Labute approximate surface area is 217 Å². The van der Waals surface area contributed by atoms with E-state index in [4.69, 9.17) is 9.47 Å². The largest absolute Gasteiger partial charge is 0.467 e. The Morgan fingerprint density at radius 2 is 1.78 bits per heavy atom. The zero-order valence-electron chi connectivity index (χ0n) is 20.7. The molecule has 2 aromatic carbocycles. The van der Waals surface area contributed by atoms with Crippen LogP contribution in [0.5, 0.6) is 0 Å². The summed E-state index contributed by atoms with van der Waals surface area (Å²) >= 11 is 1.19. The third kappa shape index (κ3) is 4.53. The van der Waals surface area contributed by atoms with Crippen molar-refractivity contribution < 1.29 is 24.0 Å². The van der Waals surface area contributed by atoms with Crippen molar-refractivity contribution in [2.24, 2.45) is 0 Å². The fourth-order valence-corrected chi connectivity index (χ4v) is 5.62. The van der Waals surface area contributed by atoms with Gasteiger partial charge >= 0.3 is 11.9 Å². The molecule has 0 saturated carbocycles. The maximum absolute atomic E-state index is 13.7. The van der Waals surface area contributed by atoms with Crippen LogP contribution in [0.4, 0.5) is 10.8 Å². The Morgan fingerprint density at radius 1 is 1.11 bits per heavy atom. The lowest BCUT2D eigenvalue weighted by Crippen LogP contribution is -2.66. The number of nitrogens with one attached hydrogen (secondary N) is 2. The fraction of sp³-hybridized carbons (Fsp3) is 0.269. The van der Waals surface area contributed by atoms with Gasteiger partial charge < -0.3 is 20.1 Å². The Morgan fingerprint density at radius 3 is 2.43 bits per heavy atom. The van der Waals surface area contributed by atoms with Gasteiger partial charge in [-0.3, -0.25) is 10.1 Å². The van der Waals surface area contributed by atoms with Crippen LogP contribution in [-0.4, -0.2) is 47.6 Å². The molecule has 0 saturated heterocycles. The van der Waals surface area contributed by atoms with Crippen molar-refractivity contribution in [3.63, 3.8) is 0 Å². The van der Waals surface area contributed by atoms with Gasteiger partial charge in [-0.15, -0.1) is 11.3 Å². The molecule has 4 rings (SSSR count). The number of anilines is 1. The number of carbonyl (C=O) groups excluding carboxylic acids is 2. The molecule has 1 aromatic heterocycles. The van der Waals surface area contributed by atoms with Crippen LogP contribution in [0.3, 0.4) is 0 Å². The minimum Gasteiger partial charge on any atom is -0.467 e. The number of methoxy groups -OCH3 is 2. The van der Waals surface area contributed by atoms with Crippen molar-refractivity contribution >= 4 is 34.1 Å². The molecule has 0 aliphatic carbocycles. The first-order valence-corrected chi connectivity index (χ1v) is 12.3. The number of nitro groups is 1. The Hall–Kier alpha value is -4.25. The van der Waals surface area contributed by atoms with Gasteiger partial charge in [0.2, 0.25) is 0 Å². The molecule has 2 heterocycles. The van der Waals surface area contributed by atoms with E-state index in [0.29, 0.717) is 27.6 Å². The van der Waals surface area contributed by atoms with Gasteiger partial charge in [-0.1, -0.05) is 42.5 Å². The minimum absolute atomic E-state index is 0.0802. The molecular formula is C26H26N4O6S. The molecule has 0 fully saturated rings. The molecule has 0 spiro atoms. The number of ether oxygens (including phenoxy) is 2. The van der Waals surface area contributed by atoms with Crippen LogP contribution in [0.15, 0.2) is 71.2 Å².